The van der Waals surface area contributed by atoms with Gasteiger partial charge in [-0.15, -0.1) is 0 Å². The van der Waals surface area contributed by atoms with Crippen molar-refractivity contribution in [2.24, 2.45) is 0 Å². The minimum Gasteiger partial charge on any atom is -0.399 e. The minimum absolute atomic E-state index is 0.520. The quantitative estimate of drug-likeness (QED) is 0.773. The van der Waals surface area contributed by atoms with E-state index in [9.17, 15) is 0 Å². The molecule has 0 saturated heterocycles. The van der Waals surface area contributed by atoms with E-state index >= 15 is 0 Å². The third-order valence-electron chi connectivity index (χ3n) is 2.25. The van der Waals surface area contributed by atoms with Gasteiger partial charge in [-0.2, -0.15) is 15.5 Å². The Morgan fingerprint density at radius 2 is 2.24 bits per heavy atom. The first-order chi connectivity index (χ1) is 8.29. The van der Waals surface area contributed by atoms with Gasteiger partial charge in [-0.25, -0.2) is 0 Å². The van der Waals surface area contributed by atoms with Crippen LogP contribution >= 0.6 is 0 Å². The van der Waals surface area contributed by atoms with Crippen LogP contribution in [0.1, 0.15) is 11.3 Å². The number of benzene rings is 1. The lowest BCUT2D eigenvalue weighted by atomic mass is 10.1. The number of hydrogen-bond acceptors (Lipinski definition) is 5. The molecule has 3 N–H and O–H groups in total. The summed E-state index contributed by atoms with van der Waals surface area (Å²) in [5.41, 5.74) is 8.26. The topological polar surface area (TPSA) is 87.6 Å². The molecule has 0 unspecified atom stereocenters. The van der Waals surface area contributed by atoms with Crippen molar-refractivity contribution in [1.82, 2.24) is 10.2 Å². The first-order valence-electron chi connectivity index (χ1n) is 5.09. The molecule has 2 rings (SSSR count). The fourth-order valence-corrected chi connectivity index (χ4v) is 1.42. The zero-order chi connectivity index (χ0) is 12.1. The summed E-state index contributed by atoms with van der Waals surface area (Å²) >= 11 is 0. The van der Waals surface area contributed by atoms with Crippen molar-refractivity contribution in [3.05, 3.63) is 47.8 Å². The molecule has 0 aliphatic heterocycles. The van der Waals surface area contributed by atoms with Crippen LogP contribution in [0.25, 0.3) is 0 Å². The Morgan fingerprint density at radius 1 is 1.35 bits per heavy atom. The van der Waals surface area contributed by atoms with Crippen molar-refractivity contribution < 1.29 is 0 Å². The lowest BCUT2D eigenvalue weighted by Gasteiger charge is -2.07. The smallest absolute Gasteiger partial charge is 0.101 e. The molecule has 1 aromatic carbocycles. The van der Waals surface area contributed by atoms with Gasteiger partial charge in [0.1, 0.15) is 6.07 Å². The van der Waals surface area contributed by atoms with E-state index in [0.717, 1.165) is 11.4 Å². The van der Waals surface area contributed by atoms with E-state index in [1.54, 1.807) is 24.4 Å². The Bertz CT molecular complexity index is 545. The summed E-state index contributed by atoms with van der Waals surface area (Å²) in [6.45, 7) is 0.520. The van der Waals surface area contributed by atoms with Gasteiger partial charge in [0.2, 0.25) is 0 Å². The predicted molar refractivity (Wildman–Crippen MR) is 64.9 cm³/mol. The van der Waals surface area contributed by atoms with Crippen LogP contribution in [0.3, 0.4) is 0 Å². The summed E-state index contributed by atoms with van der Waals surface area (Å²) in [4.78, 5) is 0. The number of nitriles is 1. The molecule has 84 valence electrons. The lowest BCUT2D eigenvalue weighted by molar-refractivity contribution is 0.924. The second kappa shape index (κ2) is 4.94. The number of hydrogen-bond donors (Lipinski definition) is 2. The first kappa shape index (κ1) is 10.9. The van der Waals surface area contributed by atoms with Crippen LogP contribution in [-0.4, -0.2) is 10.2 Å². The third kappa shape index (κ3) is 2.69. The average Bonchev–Trinajstić information content (AvgIpc) is 2.38. The minimum atomic E-state index is 0.520. The van der Waals surface area contributed by atoms with E-state index < -0.39 is 0 Å². The van der Waals surface area contributed by atoms with Crippen LogP contribution in [0.15, 0.2) is 36.5 Å². The van der Waals surface area contributed by atoms with E-state index in [4.69, 9.17) is 11.0 Å². The Labute approximate surface area is 98.9 Å². The molecular formula is C12H11N5. The molecule has 0 atom stereocenters. The van der Waals surface area contributed by atoms with Gasteiger partial charge in [-0.1, -0.05) is 0 Å². The van der Waals surface area contributed by atoms with Crippen LogP contribution in [0.5, 0.6) is 0 Å². The zero-order valence-corrected chi connectivity index (χ0v) is 9.09. The van der Waals surface area contributed by atoms with Gasteiger partial charge < -0.3 is 11.1 Å². The van der Waals surface area contributed by atoms with Crippen molar-refractivity contribution >= 4 is 11.4 Å². The van der Waals surface area contributed by atoms with Crippen molar-refractivity contribution in [2.45, 2.75) is 6.54 Å². The molecule has 0 aliphatic rings. The summed E-state index contributed by atoms with van der Waals surface area (Å²) in [7, 11) is 0. The predicted octanol–water partition coefficient (Wildman–Crippen LogP) is 1.54. The lowest BCUT2D eigenvalue weighted by Crippen LogP contribution is -2.04. The Balaban J connectivity index is 2.12. The van der Waals surface area contributed by atoms with Gasteiger partial charge in [0.05, 0.1) is 23.5 Å². The number of nitrogen functional groups attached to an aromatic ring is 1. The molecule has 0 spiro atoms. The SMILES string of the molecule is N#Cc1cc(N)ccc1NCc1cccnn1. The molecule has 0 bridgehead atoms. The highest BCUT2D eigenvalue weighted by molar-refractivity contribution is 5.62. The summed E-state index contributed by atoms with van der Waals surface area (Å²) in [5, 5.41) is 19.8. The summed E-state index contributed by atoms with van der Waals surface area (Å²) in [5.74, 6) is 0. The van der Waals surface area contributed by atoms with Crippen LogP contribution < -0.4 is 11.1 Å². The second-order valence-electron chi connectivity index (χ2n) is 3.49. The fourth-order valence-electron chi connectivity index (χ4n) is 1.42. The van der Waals surface area contributed by atoms with Crippen molar-refractivity contribution in [3.63, 3.8) is 0 Å². The third-order valence-corrected chi connectivity index (χ3v) is 2.25. The van der Waals surface area contributed by atoms with E-state index in [-0.39, 0.29) is 0 Å². The van der Waals surface area contributed by atoms with Crippen LogP contribution in [0.2, 0.25) is 0 Å². The number of rotatable bonds is 3. The van der Waals surface area contributed by atoms with Crippen molar-refractivity contribution in [3.8, 4) is 6.07 Å². The molecule has 0 radical (unpaired) electrons. The van der Waals surface area contributed by atoms with Crippen molar-refractivity contribution in [1.29, 1.82) is 5.26 Å². The highest BCUT2D eigenvalue weighted by atomic mass is 15.1. The molecule has 5 nitrogen and oxygen atoms in total. The van der Waals surface area contributed by atoms with Crippen molar-refractivity contribution in [2.75, 3.05) is 11.1 Å². The van der Waals surface area contributed by atoms with E-state index in [1.807, 2.05) is 12.1 Å². The molecule has 17 heavy (non-hydrogen) atoms. The highest BCUT2D eigenvalue weighted by Crippen LogP contribution is 2.18. The van der Waals surface area contributed by atoms with Crippen LogP contribution in [0.4, 0.5) is 11.4 Å². The van der Waals surface area contributed by atoms with Crippen LogP contribution in [-0.2, 0) is 6.54 Å². The van der Waals surface area contributed by atoms with Gasteiger partial charge >= 0.3 is 0 Å². The Hall–Kier alpha value is -2.61. The normalized spacial score (nSPS) is 9.59. The standard InChI is InChI=1S/C12H11N5/c13-7-9-6-10(14)3-4-12(9)15-8-11-2-1-5-16-17-11/h1-6,15H,8,14H2. The number of anilines is 2. The molecule has 1 aromatic heterocycles. The molecule has 0 aliphatic carbocycles. The van der Waals surface area contributed by atoms with E-state index in [2.05, 4.69) is 21.6 Å². The molecule has 2 aromatic rings. The second-order valence-corrected chi connectivity index (χ2v) is 3.49. The van der Waals surface area contributed by atoms with Gasteiger partial charge in [0.25, 0.3) is 0 Å². The van der Waals surface area contributed by atoms with Gasteiger partial charge in [0.15, 0.2) is 0 Å². The van der Waals surface area contributed by atoms with E-state index in [1.165, 1.54) is 0 Å². The molecule has 0 saturated carbocycles. The first-order valence-corrected chi connectivity index (χ1v) is 5.09. The monoisotopic (exact) mass is 225 g/mol. The van der Waals surface area contributed by atoms with Crippen LogP contribution in [0, 0.1) is 11.3 Å². The van der Waals surface area contributed by atoms with Gasteiger partial charge in [-0.05, 0) is 30.3 Å². The number of aromatic nitrogens is 2. The molecule has 5 heteroatoms. The average molecular weight is 225 g/mol. The van der Waals surface area contributed by atoms with Gasteiger partial charge in [-0.3, -0.25) is 0 Å². The summed E-state index contributed by atoms with van der Waals surface area (Å²) in [6, 6.07) is 10.9. The molecule has 0 fully saturated rings. The fraction of sp³-hybridized carbons (Fsp3) is 0.0833. The Kier molecular flexibility index (Phi) is 3.17. The summed E-state index contributed by atoms with van der Waals surface area (Å²) < 4.78 is 0. The molecular weight excluding hydrogens is 214 g/mol. The maximum atomic E-state index is 8.97. The number of nitrogens with zero attached hydrogens (tertiary/aromatic N) is 3. The van der Waals surface area contributed by atoms with E-state index in [0.29, 0.717) is 17.8 Å². The summed E-state index contributed by atoms with van der Waals surface area (Å²) in [6.07, 6.45) is 1.62. The number of nitrogens with two attached hydrogens (primary N) is 1. The molecule has 1 heterocycles. The maximum Gasteiger partial charge on any atom is 0.101 e. The Morgan fingerprint density at radius 3 is 2.94 bits per heavy atom. The zero-order valence-electron chi connectivity index (χ0n) is 9.09. The largest absolute Gasteiger partial charge is 0.399 e. The maximum absolute atomic E-state index is 8.97. The highest BCUT2D eigenvalue weighted by Gasteiger charge is 2.02. The number of nitrogens with one attached hydrogen (secondary N) is 1. The van der Waals surface area contributed by atoms with Gasteiger partial charge in [0, 0.05) is 11.9 Å². The molecule has 0 amide bonds.